The topological polar surface area (TPSA) is 47.3 Å². The van der Waals surface area contributed by atoms with Crippen LogP contribution in [0.1, 0.15) is 33.1 Å². The molecule has 96 valence electrons. The summed E-state index contributed by atoms with van der Waals surface area (Å²) < 4.78 is 0. The number of rotatable bonds is 3. The summed E-state index contributed by atoms with van der Waals surface area (Å²) >= 11 is 0. The Balaban J connectivity index is 2.80. The van der Waals surface area contributed by atoms with Crippen molar-refractivity contribution in [2.75, 3.05) is 21.1 Å². The zero-order chi connectivity index (χ0) is 13.2. The van der Waals surface area contributed by atoms with E-state index >= 15 is 0 Å². The highest BCUT2D eigenvalue weighted by Gasteiger charge is 2.39. The van der Waals surface area contributed by atoms with Gasteiger partial charge in [-0.05, 0) is 40.8 Å². The van der Waals surface area contributed by atoms with Gasteiger partial charge in [-0.1, -0.05) is 6.42 Å². The van der Waals surface area contributed by atoms with Gasteiger partial charge in [0.15, 0.2) is 0 Å². The fraction of sp³-hybridized carbons (Fsp3) is 0.846. The second-order valence-electron chi connectivity index (χ2n) is 5.64. The number of amides is 1. The standard InChI is InChI=1S/C13H23N3O/c1-13(2,9-14)16(5)12(17)10-7-6-8-11(10)15(3)4/h10-11H,6-8H2,1-5H3/t10-,11?/m1/s1. The van der Waals surface area contributed by atoms with Gasteiger partial charge >= 0.3 is 0 Å². The minimum absolute atomic E-state index is 0.0441. The van der Waals surface area contributed by atoms with Crippen LogP contribution in [0.15, 0.2) is 0 Å². The van der Waals surface area contributed by atoms with Crippen LogP contribution in [0.4, 0.5) is 0 Å². The highest BCUT2D eigenvalue weighted by Crippen LogP contribution is 2.31. The molecule has 1 unspecified atom stereocenters. The summed E-state index contributed by atoms with van der Waals surface area (Å²) in [6.45, 7) is 3.56. The summed E-state index contributed by atoms with van der Waals surface area (Å²) in [7, 11) is 5.77. The monoisotopic (exact) mass is 237 g/mol. The number of nitrogens with zero attached hydrogens (tertiary/aromatic N) is 3. The molecule has 0 heterocycles. The van der Waals surface area contributed by atoms with Crippen LogP contribution in [-0.4, -0.2) is 48.4 Å². The number of carbonyl (C=O) groups excluding carboxylic acids is 1. The van der Waals surface area contributed by atoms with Crippen molar-refractivity contribution < 1.29 is 4.79 Å². The van der Waals surface area contributed by atoms with Gasteiger partial charge in [0.1, 0.15) is 5.54 Å². The lowest BCUT2D eigenvalue weighted by atomic mass is 9.97. The normalized spacial score (nSPS) is 24.8. The van der Waals surface area contributed by atoms with E-state index in [1.165, 1.54) is 0 Å². The predicted molar refractivity (Wildman–Crippen MR) is 67.3 cm³/mol. The summed E-state index contributed by atoms with van der Waals surface area (Å²) in [4.78, 5) is 16.1. The third-order valence-corrected chi connectivity index (χ3v) is 3.90. The summed E-state index contributed by atoms with van der Waals surface area (Å²) in [6, 6.07) is 2.50. The molecule has 1 aliphatic carbocycles. The highest BCUT2D eigenvalue weighted by molar-refractivity contribution is 5.80. The molecule has 0 aromatic carbocycles. The van der Waals surface area contributed by atoms with Crippen LogP contribution in [0, 0.1) is 17.2 Å². The molecule has 0 spiro atoms. The zero-order valence-electron chi connectivity index (χ0n) is 11.5. The van der Waals surface area contributed by atoms with Crippen LogP contribution >= 0.6 is 0 Å². The summed E-state index contributed by atoms with van der Waals surface area (Å²) in [5.41, 5.74) is -0.726. The first-order valence-corrected chi connectivity index (χ1v) is 6.16. The van der Waals surface area contributed by atoms with E-state index in [4.69, 9.17) is 5.26 Å². The fourth-order valence-corrected chi connectivity index (χ4v) is 2.45. The van der Waals surface area contributed by atoms with Crippen LogP contribution in [0.2, 0.25) is 0 Å². The van der Waals surface area contributed by atoms with Crippen molar-refractivity contribution in [1.29, 1.82) is 5.26 Å². The quantitative estimate of drug-likeness (QED) is 0.747. The number of hydrogen-bond acceptors (Lipinski definition) is 3. The molecule has 1 amide bonds. The molecule has 17 heavy (non-hydrogen) atoms. The van der Waals surface area contributed by atoms with E-state index in [1.807, 2.05) is 14.1 Å². The van der Waals surface area contributed by atoms with Crippen LogP contribution in [0.25, 0.3) is 0 Å². The Kier molecular flexibility index (Phi) is 4.16. The molecule has 0 aromatic rings. The lowest BCUT2D eigenvalue weighted by Gasteiger charge is -2.34. The van der Waals surface area contributed by atoms with E-state index in [2.05, 4.69) is 11.0 Å². The van der Waals surface area contributed by atoms with E-state index in [0.29, 0.717) is 6.04 Å². The van der Waals surface area contributed by atoms with E-state index in [0.717, 1.165) is 19.3 Å². The van der Waals surface area contributed by atoms with Crippen molar-refractivity contribution >= 4 is 5.91 Å². The number of carbonyl (C=O) groups is 1. The van der Waals surface area contributed by atoms with E-state index < -0.39 is 5.54 Å². The van der Waals surface area contributed by atoms with Crippen LogP contribution in [0.5, 0.6) is 0 Å². The van der Waals surface area contributed by atoms with Crippen LogP contribution in [0.3, 0.4) is 0 Å². The molecule has 0 saturated heterocycles. The molecule has 0 aromatic heterocycles. The smallest absolute Gasteiger partial charge is 0.228 e. The van der Waals surface area contributed by atoms with Gasteiger partial charge in [-0.25, -0.2) is 0 Å². The Labute approximate surface area is 104 Å². The molecule has 2 atom stereocenters. The Morgan fingerprint density at radius 1 is 1.29 bits per heavy atom. The minimum atomic E-state index is -0.726. The van der Waals surface area contributed by atoms with Gasteiger partial charge in [0, 0.05) is 13.1 Å². The molecule has 1 rings (SSSR count). The van der Waals surface area contributed by atoms with Crippen molar-refractivity contribution in [1.82, 2.24) is 9.80 Å². The first-order chi connectivity index (χ1) is 7.81. The summed E-state index contributed by atoms with van der Waals surface area (Å²) in [5, 5.41) is 9.08. The molecule has 0 N–H and O–H groups in total. The Hall–Kier alpha value is -1.08. The molecular weight excluding hydrogens is 214 g/mol. The SMILES string of the molecule is CN(C)C1CCC[C@H]1C(=O)N(C)C(C)(C)C#N. The average molecular weight is 237 g/mol. The summed E-state index contributed by atoms with van der Waals surface area (Å²) in [6.07, 6.45) is 3.11. The Morgan fingerprint density at radius 2 is 1.88 bits per heavy atom. The van der Waals surface area contributed by atoms with Gasteiger partial charge in [0.25, 0.3) is 0 Å². The van der Waals surface area contributed by atoms with E-state index in [9.17, 15) is 4.79 Å². The fourth-order valence-electron chi connectivity index (χ4n) is 2.45. The largest absolute Gasteiger partial charge is 0.327 e. The Morgan fingerprint density at radius 3 is 2.35 bits per heavy atom. The lowest BCUT2D eigenvalue weighted by Crippen LogP contribution is -2.49. The van der Waals surface area contributed by atoms with Crippen molar-refractivity contribution in [2.24, 2.45) is 5.92 Å². The van der Waals surface area contributed by atoms with Gasteiger partial charge in [-0.2, -0.15) is 5.26 Å². The highest BCUT2D eigenvalue weighted by atomic mass is 16.2. The molecule has 1 aliphatic rings. The van der Waals surface area contributed by atoms with Gasteiger partial charge in [0.05, 0.1) is 12.0 Å². The van der Waals surface area contributed by atoms with E-state index in [1.54, 1.807) is 25.8 Å². The van der Waals surface area contributed by atoms with Gasteiger partial charge < -0.3 is 9.80 Å². The Bertz CT molecular complexity index is 330. The van der Waals surface area contributed by atoms with Crippen molar-refractivity contribution in [2.45, 2.75) is 44.7 Å². The molecule has 1 saturated carbocycles. The number of hydrogen-bond donors (Lipinski definition) is 0. The molecule has 1 fully saturated rings. The second-order valence-corrected chi connectivity index (χ2v) is 5.64. The minimum Gasteiger partial charge on any atom is -0.327 e. The first kappa shape index (κ1) is 14.0. The molecule has 0 bridgehead atoms. The van der Waals surface area contributed by atoms with Crippen LogP contribution < -0.4 is 0 Å². The first-order valence-electron chi connectivity index (χ1n) is 6.16. The maximum atomic E-state index is 12.4. The summed E-state index contributed by atoms with van der Waals surface area (Å²) in [5.74, 6) is 0.148. The van der Waals surface area contributed by atoms with Gasteiger partial charge in [0.2, 0.25) is 5.91 Å². The third-order valence-electron chi connectivity index (χ3n) is 3.90. The lowest BCUT2D eigenvalue weighted by molar-refractivity contribution is -0.138. The van der Waals surface area contributed by atoms with Gasteiger partial charge in [-0.15, -0.1) is 0 Å². The maximum Gasteiger partial charge on any atom is 0.228 e. The molecular formula is C13H23N3O. The molecule has 0 radical (unpaired) electrons. The second kappa shape index (κ2) is 5.05. The van der Waals surface area contributed by atoms with Crippen molar-refractivity contribution in [3.63, 3.8) is 0 Å². The zero-order valence-corrected chi connectivity index (χ0v) is 11.5. The van der Waals surface area contributed by atoms with E-state index in [-0.39, 0.29) is 11.8 Å². The molecule has 4 heteroatoms. The van der Waals surface area contributed by atoms with Crippen molar-refractivity contribution in [3.05, 3.63) is 0 Å². The predicted octanol–water partition coefficient (Wildman–Crippen LogP) is 1.48. The molecule has 0 aliphatic heterocycles. The third kappa shape index (κ3) is 2.78. The molecule has 4 nitrogen and oxygen atoms in total. The average Bonchev–Trinajstić information content (AvgIpc) is 2.75. The van der Waals surface area contributed by atoms with Crippen LogP contribution in [-0.2, 0) is 4.79 Å². The van der Waals surface area contributed by atoms with Gasteiger partial charge in [-0.3, -0.25) is 4.79 Å². The maximum absolute atomic E-state index is 12.4. The van der Waals surface area contributed by atoms with Crippen molar-refractivity contribution in [3.8, 4) is 6.07 Å². The number of nitriles is 1.